The SMILES string of the molecule is CC(C)(C)OC(=O)[C@H](C[C@@H](C(N)=O)N1Cc2cc(O[C@H]3CCN(Cc4cc(F)c5nc(N6CCOCC6)ccc5c4)C3)ccc2C1=O)N1C(=O)CC[C@H](N2Cc3cc(O[C@H]4CCN(Cc5cc(F)c6nc(N7CCOCC7)ccc6c5)C4)ccc3C2=O)C1=O. The number of hydrogen-bond acceptors (Lipinski definition) is 17. The van der Waals surface area contributed by atoms with Gasteiger partial charge in [0.25, 0.3) is 17.7 Å². The Morgan fingerprint density at radius 2 is 1.16 bits per heavy atom. The normalized spacial score (nSPS) is 21.7. The van der Waals surface area contributed by atoms with Gasteiger partial charge in [-0.05, 0) is 147 Å². The van der Waals surface area contributed by atoms with Gasteiger partial charge >= 0.3 is 5.97 Å². The minimum absolute atomic E-state index is 0.0189. The van der Waals surface area contributed by atoms with Crippen LogP contribution < -0.4 is 25.0 Å². The summed E-state index contributed by atoms with van der Waals surface area (Å²) in [5.41, 5.74) is 9.10. The average molecular weight is 1220 g/mol. The van der Waals surface area contributed by atoms with Crippen LogP contribution in [0.4, 0.5) is 20.4 Å². The number of pyridine rings is 2. The predicted octanol–water partition coefficient (Wildman–Crippen LogP) is 6.12. The van der Waals surface area contributed by atoms with E-state index in [9.17, 15) is 28.8 Å². The molecule has 0 bridgehead atoms. The highest BCUT2D eigenvalue weighted by Crippen LogP contribution is 2.37. The van der Waals surface area contributed by atoms with Crippen molar-refractivity contribution >= 4 is 68.9 Å². The summed E-state index contributed by atoms with van der Waals surface area (Å²) in [5.74, 6) is -2.75. The van der Waals surface area contributed by atoms with Crippen LogP contribution in [0.2, 0.25) is 0 Å². The molecule has 7 aliphatic rings. The average Bonchev–Trinajstić information content (AvgIpc) is 1.78. The maximum absolute atomic E-state index is 15.6. The van der Waals surface area contributed by atoms with Gasteiger partial charge in [-0.2, -0.15) is 0 Å². The summed E-state index contributed by atoms with van der Waals surface area (Å²) < 4.78 is 60.8. The van der Waals surface area contributed by atoms with Gasteiger partial charge in [-0.1, -0.05) is 0 Å². The monoisotopic (exact) mass is 1220 g/mol. The van der Waals surface area contributed by atoms with E-state index in [4.69, 9.17) is 29.4 Å². The second kappa shape index (κ2) is 24.5. The molecule has 5 fully saturated rings. The van der Waals surface area contributed by atoms with E-state index in [1.807, 2.05) is 36.4 Å². The quantitative estimate of drug-likeness (QED) is 0.0802. The molecule has 0 spiro atoms. The molecule has 0 saturated carbocycles. The number of carbonyl (C=O) groups is 6. The zero-order valence-corrected chi connectivity index (χ0v) is 50.2. The van der Waals surface area contributed by atoms with Crippen LogP contribution in [0.5, 0.6) is 11.5 Å². The van der Waals surface area contributed by atoms with Crippen LogP contribution >= 0.6 is 0 Å². The fourth-order valence-corrected chi connectivity index (χ4v) is 13.6. The number of aromatic nitrogens is 2. The Kier molecular flexibility index (Phi) is 16.4. The highest BCUT2D eigenvalue weighted by molar-refractivity contribution is 6.08. The molecule has 5 atom stereocenters. The summed E-state index contributed by atoms with van der Waals surface area (Å²) in [5, 5.41) is 1.45. The first-order valence-electron chi connectivity index (χ1n) is 30.7. The standard InChI is InChI=1S/C66H72F2N10O11/c1-66(2,3)89-65(84)55(32-54(61(69)80)77-36-44-31-46(7-9-50(44)63(77)82)88-48-15-17-73(38-48)34-40-27-42-5-12-57(71-60(42)52(68)29-40)75-20-24-86-25-21-75)78-58(79)13-10-53(64(78)83)76-35-43-30-45(6-8-49(43)62(76)81)87-47-14-16-72(37-47)33-39-26-41-4-11-56(70-59(41)51(67)28-39)74-18-22-85-23-19-74/h4-9,11-12,26-31,47-48,53-55H,10,13-25,32-38H2,1-3H3,(H2,69,80)/t47-,48-,53-,54-,55-/m0/s1. The van der Waals surface area contributed by atoms with Crippen molar-refractivity contribution in [3.05, 3.63) is 130 Å². The highest BCUT2D eigenvalue weighted by Gasteiger charge is 2.50. The van der Waals surface area contributed by atoms with Gasteiger partial charge in [0, 0.05) is 113 Å². The van der Waals surface area contributed by atoms with Crippen molar-refractivity contribution in [2.24, 2.45) is 5.73 Å². The number of benzene rings is 4. The highest BCUT2D eigenvalue weighted by atomic mass is 19.1. The smallest absolute Gasteiger partial charge is 0.329 e. The summed E-state index contributed by atoms with van der Waals surface area (Å²) >= 11 is 0. The van der Waals surface area contributed by atoms with Gasteiger partial charge in [0.2, 0.25) is 11.8 Å². The molecule has 13 rings (SSSR count). The van der Waals surface area contributed by atoms with Crippen LogP contribution in [-0.4, -0.2) is 185 Å². The third-order valence-corrected chi connectivity index (χ3v) is 17.9. The maximum Gasteiger partial charge on any atom is 0.329 e. The van der Waals surface area contributed by atoms with Gasteiger partial charge < -0.3 is 49.0 Å². The number of ether oxygens (including phenoxy) is 5. The number of halogens is 2. The molecule has 5 amide bonds. The van der Waals surface area contributed by atoms with E-state index >= 15 is 8.78 Å². The van der Waals surface area contributed by atoms with Gasteiger partial charge in [-0.15, -0.1) is 0 Å². The minimum Gasteiger partial charge on any atom is -0.489 e. The van der Waals surface area contributed by atoms with Crippen LogP contribution in [0.1, 0.15) is 95.8 Å². The van der Waals surface area contributed by atoms with Crippen molar-refractivity contribution in [1.29, 1.82) is 0 Å². The molecule has 7 aliphatic heterocycles. The lowest BCUT2D eigenvalue weighted by Gasteiger charge is -2.40. The molecular formula is C66H72F2N10O11. The maximum atomic E-state index is 15.6. The van der Waals surface area contributed by atoms with E-state index in [0.717, 1.165) is 45.0 Å². The van der Waals surface area contributed by atoms with Gasteiger partial charge in [-0.3, -0.25) is 38.7 Å². The van der Waals surface area contributed by atoms with E-state index in [1.165, 1.54) is 15.9 Å². The Labute approximate surface area is 513 Å². The molecule has 466 valence electrons. The third-order valence-electron chi connectivity index (χ3n) is 17.9. The number of carbonyl (C=O) groups excluding carboxylic acids is 6. The molecule has 9 heterocycles. The largest absolute Gasteiger partial charge is 0.489 e. The molecule has 2 aromatic heterocycles. The second-order valence-electron chi connectivity index (χ2n) is 25.2. The van der Waals surface area contributed by atoms with E-state index in [1.54, 1.807) is 63.2 Å². The number of piperidine rings is 1. The molecule has 2 N–H and O–H groups in total. The molecule has 6 aromatic rings. The van der Waals surface area contributed by atoms with E-state index < -0.39 is 65.7 Å². The predicted molar refractivity (Wildman–Crippen MR) is 323 cm³/mol. The van der Waals surface area contributed by atoms with Crippen molar-refractivity contribution in [1.82, 2.24) is 34.5 Å². The number of nitrogens with zero attached hydrogens (tertiary/aromatic N) is 9. The topological polar surface area (TPSA) is 223 Å². The summed E-state index contributed by atoms with van der Waals surface area (Å²) in [6.07, 6.45) is 0.193. The zero-order chi connectivity index (χ0) is 61.8. The van der Waals surface area contributed by atoms with Gasteiger partial charge in [0.1, 0.15) is 81.7 Å². The summed E-state index contributed by atoms with van der Waals surface area (Å²) in [4.78, 5) is 107. The molecule has 5 saturated heterocycles. The van der Waals surface area contributed by atoms with Gasteiger partial charge in [0.05, 0.1) is 26.4 Å². The molecule has 23 heteroatoms. The number of morpholine rings is 2. The van der Waals surface area contributed by atoms with Crippen molar-refractivity contribution in [3.8, 4) is 11.5 Å². The molecule has 0 aliphatic carbocycles. The van der Waals surface area contributed by atoms with Crippen LogP contribution in [0.25, 0.3) is 21.8 Å². The van der Waals surface area contributed by atoms with Crippen molar-refractivity contribution < 1.29 is 61.2 Å². The van der Waals surface area contributed by atoms with Crippen molar-refractivity contribution in [2.75, 3.05) is 88.6 Å². The fourth-order valence-electron chi connectivity index (χ4n) is 13.6. The summed E-state index contributed by atoms with van der Waals surface area (Å²) in [6, 6.07) is 20.5. The first kappa shape index (κ1) is 59.6. The molecule has 4 aromatic carbocycles. The van der Waals surface area contributed by atoms with Gasteiger partial charge in [0.15, 0.2) is 0 Å². The van der Waals surface area contributed by atoms with Crippen LogP contribution in [-0.2, 0) is 59.6 Å². The lowest BCUT2D eigenvalue weighted by Crippen LogP contribution is -2.61. The summed E-state index contributed by atoms with van der Waals surface area (Å²) in [6.45, 7) is 13.6. The van der Waals surface area contributed by atoms with E-state index in [2.05, 4.69) is 29.6 Å². The van der Waals surface area contributed by atoms with E-state index in [0.29, 0.717) is 137 Å². The second-order valence-corrected chi connectivity index (χ2v) is 25.2. The number of hydrogen-bond donors (Lipinski definition) is 1. The molecule has 0 radical (unpaired) electrons. The first-order chi connectivity index (χ1) is 42.9. The molecule has 21 nitrogen and oxygen atoms in total. The lowest BCUT2D eigenvalue weighted by atomic mass is 9.96. The lowest BCUT2D eigenvalue weighted by molar-refractivity contribution is -0.173. The summed E-state index contributed by atoms with van der Waals surface area (Å²) in [7, 11) is 0. The molecule has 89 heavy (non-hydrogen) atoms. The first-order valence-corrected chi connectivity index (χ1v) is 30.7. The van der Waals surface area contributed by atoms with Crippen LogP contribution in [0.3, 0.4) is 0 Å². The number of esters is 1. The Morgan fingerprint density at radius 1 is 0.640 bits per heavy atom. The zero-order valence-electron chi connectivity index (χ0n) is 50.2. The fraction of sp³-hybridized carbons (Fsp3) is 0.455. The Bertz CT molecular complexity index is 3800. The number of fused-ring (bicyclic) bond motifs is 4. The van der Waals surface area contributed by atoms with Crippen molar-refractivity contribution in [2.45, 2.75) is 115 Å². The van der Waals surface area contributed by atoms with Gasteiger partial charge in [-0.25, -0.2) is 23.5 Å². The number of imide groups is 1. The Hall–Kier alpha value is -8.38. The van der Waals surface area contributed by atoms with E-state index in [-0.39, 0.29) is 55.3 Å². The Balaban J connectivity index is 0.641. The number of rotatable bonds is 17. The van der Waals surface area contributed by atoms with Crippen molar-refractivity contribution in [3.63, 3.8) is 0 Å². The minimum atomic E-state index is -1.71. The number of likely N-dealkylation sites (tertiary alicyclic amines) is 3. The Morgan fingerprint density at radius 3 is 1.67 bits per heavy atom. The number of amides is 5. The molecule has 0 unspecified atom stereocenters. The van der Waals surface area contributed by atoms with Crippen LogP contribution in [0.15, 0.2) is 84.9 Å². The number of nitrogens with two attached hydrogens (primary N) is 1. The third kappa shape index (κ3) is 12.5. The van der Waals surface area contributed by atoms with Crippen LogP contribution in [0, 0.1) is 11.6 Å². The molecular weight excluding hydrogens is 1150 g/mol. The number of anilines is 2. The number of primary amides is 1.